The first-order chi connectivity index (χ1) is 9.29. The summed E-state index contributed by atoms with van der Waals surface area (Å²) in [5, 5.41) is 12.1. The number of aliphatic hydroxyl groups excluding tert-OH is 1. The molecule has 0 aliphatic rings. The number of hydrogen-bond acceptors (Lipinski definition) is 4. The van der Waals surface area contributed by atoms with E-state index >= 15 is 0 Å². The van der Waals surface area contributed by atoms with E-state index in [-0.39, 0.29) is 12.2 Å². The third kappa shape index (κ3) is 2.02. The van der Waals surface area contributed by atoms with Crippen LogP contribution in [-0.2, 0) is 6.54 Å². The van der Waals surface area contributed by atoms with Gasteiger partial charge in [0.25, 0.3) is 5.56 Å². The molecule has 6 nitrogen and oxygen atoms in total. The summed E-state index contributed by atoms with van der Waals surface area (Å²) in [5.74, 6) is 0. The number of pyridine rings is 2. The average molecular weight is 256 g/mol. The molecule has 3 aromatic heterocycles. The van der Waals surface area contributed by atoms with E-state index in [1.807, 2.05) is 12.1 Å². The molecule has 0 bridgehead atoms. The zero-order valence-corrected chi connectivity index (χ0v) is 10.1. The molecule has 2 N–H and O–H groups in total. The fraction of sp³-hybridized carbons (Fsp3) is 0.154. The van der Waals surface area contributed by atoms with Gasteiger partial charge in [0.05, 0.1) is 18.5 Å². The fourth-order valence-electron chi connectivity index (χ4n) is 2.03. The summed E-state index contributed by atoms with van der Waals surface area (Å²) in [6.45, 7) is 0.268. The lowest BCUT2D eigenvalue weighted by Crippen LogP contribution is -2.08. The summed E-state index contributed by atoms with van der Waals surface area (Å²) in [4.78, 5) is 20.2. The van der Waals surface area contributed by atoms with Crippen molar-refractivity contribution >= 4 is 11.0 Å². The summed E-state index contributed by atoms with van der Waals surface area (Å²) in [7, 11) is 0. The lowest BCUT2D eigenvalue weighted by atomic mass is 10.1. The molecule has 3 aromatic rings. The molecule has 0 fully saturated rings. The molecule has 3 heterocycles. The highest BCUT2D eigenvalue weighted by Gasteiger charge is 2.09. The van der Waals surface area contributed by atoms with Crippen molar-refractivity contribution in [3.8, 4) is 11.1 Å². The Balaban J connectivity index is 2.17. The van der Waals surface area contributed by atoms with Crippen molar-refractivity contribution in [1.29, 1.82) is 0 Å². The Morgan fingerprint density at radius 3 is 2.95 bits per heavy atom. The van der Waals surface area contributed by atoms with E-state index in [1.165, 1.54) is 0 Å². The molecule has 0 spiro atoms. The molecule has 0 aliphatic carbocycles. The minimum Gasteiger partial charge on any atom is -0.394 e. The van der Waals surface area contributed by atoms with E-state index in [2.05, 4.69) is 15.1 Å². The smallest absolute Gasteiger partial charge is 0.273 e. The van der Waals surface area contributed by atoms with Crippen molar-refractivity contribution in [2.75, 3.05) is 6.61 Å². The van der Waals surface area contributed by atoms with Gasteiger partial charge >= 0.3 is 0 Å². The largest absolute Gasteiger partial charge is 0.394 e. The average Bonchev–Trinajstić information content (AvgIpc) is 2.77. The molecule has 0 saturated heterocycles. The quantitative estimate of drug-likeness (QED) is 0.725. The van der Waals surface area contributed by atoms with E-state index < -0.39 is 0 Å². The van der Waals surface area contributed by atoms with Crippen LogP contribution in [0.2, 0.25) is 0 Å². The molecule has 0 atom stereocenters. The number of nitrogens with zero attached hydrogens (tertiary/aromatic N) is 3. The van der Waals surface area contributed by atoms with Gasteiger partial charge in [0, 0.05) is 29.7 Å². The molecule has 0 unspecified atom stereocenters. The maximum Gasteiger partial charge on any atom is 0.273 e. The van der Waals surface area contributed by atoms with Crippen LogP contribution in [0.5, 0.6) is 0 Å². The van der Waals surface area contributed by atoms with Crippen LogP contribution >= 0.6 is 0 Å². The van der Waals surface area contributed by atoms with Crippen molar-refractivity contribution < 1.29 is 5.11 Å². The van der Waals surface area contributed by atoms with Crippen molar-refractivity contribution in [1.82, 2.24) is 19.7 Å². The van der Waals surface area contributed by atoms with Gasteiger partial charge in [-0.15, -0.1) is 0 Å². The zero-order valence-electron chi connectivity index (χ0n) is 10.1. The van der Waals surface area contributed by atoms with Crippen LogP contribution in [0, 0.1) is 0 Å². The van der Waals surface area contributed by atoms with Crippen molar-refractivity contribution in [3.05, 3.63) is 47.1 Å². The summed E-state index contributed by atoms with van der Waals surface area (Å²) in [5.41, 5.74) is 2.09. The third-order valence-corrected chi connectivity index (χ3v) is 2.92. The van der Waals surface area contributed by atoms with Crippen LogP contribution < -0.4 is 5.56 Å². The van der Waals surface area contributed by atoms with Gasteiger partial charge in [-0.05, 0) is 12.1 Å². The molecule has 0 aromatic carbocycles. The number of nitrogens with one attached hydrogen (secondary N) is 1. The Morgan fingerprint density at radius 1 is 1.32 bits per heavy atom. The minimum atomic E-state index is -0.207. The normalized spacial score (nSPS) is 11.0. The molecule has 0 saturated carbocycles. The van der Waals surface area contributed by atoms with Crippen molar-refractivity contribution in [2.24, 2.45) is 0 Å². The SMILES string of the molecule is O=c1[nH]n(CCO)c2ncc(-c3cccnc3)cc12. The first-order valence-electron chi connectivity index (χ1n) is 5.89. The highest BCUT2D eigenvalue weighted by atomic mass is 16.3. The van der Waals surface area contributed by atoms with Gasteiger partial charge in [-0.2, -0.15) is 0 Å². The van der Waals surface area contributed by atoms with E-state index in [0.717, 1.165) is 11.1 Å². The second-order valence-electron chi connectivity index (χ2n) is 4.15. The highest BCUT2D eigenvalue weighted by molar-refractivity contribution is 5.80. The number of fused-ring (bicyclic) bond motifs is 1. The standard InChI is InChI=1S/C13H12N4O2/c18-5-4-17-12-11(13(19)16-17)6-10(8-15-12)9-2-1-3-14-7-9/h1-3,6-8,18H,4-5H2,(H,16,19). The second-order valence-corrected chi connectivity index (χ2v) is 4.15. The summed E-state index contributed by atoms with van der Waals surface area (Å²) >= 11 is 0. The molecule has 0 aliphatic heterocycles. The zero-order chi connectivity index (χ0) is 13.2. The molecule has 96 valence electrons. The highest BCUT2D eigenvalue weighted by Crippen LogP contribution is 2.19. The maximum atomic E-state index is 11.8. The monoisotopic (exact) mass is 256 g/mol. The number of hydrogen-bond donors (Lipinski definition) is 2. The molecular formula is C13H12N4O2. The first kappa shape index (κ1) is 11.6. The Morgan fingerprint density at radius 2 is 2.21 bits per heavy atom. The molecule has 6 heteroatoms. The number of aromatic nitrogens is 4. The molecular weight excluding hydrogens is 244 g/mol. The van der Waals surface area contributed by atoms with Crippen LogP contribution in [0.1, 0.15) is 0 Å². The number of aliphatic hydroxyl groups is 1. The molecule has 19 heavy (non-hydrogen) atoms. The van der Waals surface area contributed by atoms with E-state index in [9.17, 15) is 4.79 Å². The Labute approximate surface area is 108 Å². The van der Waals surface area contributed by atoms with Crippen LogP contribution in [0.4, 0.5) is 0 Å². The van der Waals surface area contributed by atoms with E-state index in [1.54, 1.807) is 29.3 Å². The van der Waals surface area contributed by atoms with Gasteiger partial charge < -0.3 is 5.11 Å². The molecule has 0 amide bonds. The van der Waals surface area contributed by atoms with Crippen molar-refractivity contribution in [3.63, 3.8) is 0 Å². The minimum absolute atomic E-state index is 0.0498. The van der Waals surface area contributed by atoms with Gasteiger partial charge in [-0.25, -0.2) is 4.98 Å². The Kier molecular flexibility index (Phi) is 2.85. The summed E-state index contributed by atoms with van der Waals surface area (Å²) in [6.07, 6.45) is 5.11. The van der Waals surface area contributed by atoms with Crippen LogP contribution in [0.3, 0.4) is 0 Å². The fourth-order valence-corrected chi connectivity index (χ4v) is 2.03. The van der Waals surface area contributed by atoms with Gasteiger partial charge in [-0.1, -0.05) is 6.07 Å². The number of rotatable bonds is 3. The van der Waals surface area contributed by atoms with Gasteiger partial charge in [0.1, 0.15) is 0 Å². The summed E-state index contributed by atoms with van der Waals surface area (Å²) < 4.78 is 1.55. The molecule has 3 rings (SSSR count). The lowest BCUT2D eigenvalue weighted by molar-refractivity contribution is 0.271. The van der Waals surface area contributed by atoms with E-state index in [4.69, 9.17) is 5.11 Å². The number of aromatic amines is 1. The van der Waals surface area contributed by atoms with Crippen molar-refractivity contribution in [2.45, 2.75) is 6.54 Å². The first-order valence-corrected chi connectivity index (χ1v) is 5.89. The lowest BCUT2D eigenvalue weighted by Gasteiger charge is -2.02. The predicted molar refractivity (Wildman–Crippen MR) is 70.7 cm³/mol. The van der Waals surface area contributed by atoms with Gasteiger partial charge in [-0.3, -0.25) is 19.6 Å². The number of H-pyrrole nitrogens is 1. The van der Waals surface area contributed by atoms with Gasteiger partial charge in [0.15, 0.2) is 5.65 Å². The predicted octanol–water partition coefficient (Wildman–Crippen LogP) is 0.779. The maximum absolute atomic E-state index is 11.8. The third-order valence-electron chi connectivity index (χ3n) is 2.92. The second kappa shape index (κ2) is 4.66. The van der Waals surface area contributed by atoms with Crippen LogP contribution in [-0.4, -0.2) is 31.5 Å². The van der Waals surface area contributed by atoms with Gasteiger partial charge in [0.2, 0.25) is 0 Å². The Bertz CT molecular complexity index is 761. The summed E-state index contributed by atoms with van der Waals surface area (Å²) in [6, 6.07) is 5.53. The van der Waals surface area contributed by atoms with Crippen LogP contribution in [0.15, 0.2) is 41.6 Å². The van der Waals surface area contributed by atoms with Crippen LogP contribution in [0.25, 0.3) is 22.2 Å². The molecule has 0 radical (unpaired) electrons. The topological polar surface area (TPSA) is 83.8 Å². The van der Waals surface area contributed by atoms with E-state index in [0.29, 0.717) is 17.6 Å². The Hall–Kier alpha value is -2.47.